The number of nitrogens with one attached hydrogen (secondary N) is 2. The summed E-state index contributed by atoms with van der Waals surface area (Å²) in [5, 5.41) is 7.67. The van der Waals surface area contributed by atoms with E-state index in [0.717, 1.165) is 30.6 Å². The predicted molar refractivity (Wildman–Crippen MR) is 86.8 cm³/mol. The summed E-state index contributed by atoms with van der Waals surface area (Å²) in [6.07, 6.45) is 4.22. The van der Waals surface area contributed by atoms with Gasteiger partial charge in [-0.3, -0.25) is 14.5 Å². The molecule has 1 saturated carbocycles. The molecule has 0 aromatic carbocycles. The van der Waals surface area contributed by atoms with Gasteiger partial charge < -0.3 is 10.6 Å². The van der Waals surface area contributed by atoms with Crippen LogP contribution < -0.4 is 10.6 Å². The zero-order chi connectivity index (χ0) is 16.3. The lowest BCUT2D eigenvalue weighted by atomic mass is 9.98. The number of urea groups is 1. The molecule has 1 spiro atoms. The molecule has 4 amide bonds. The first kappa shape index (κ1) is 16.0. The van der Waals surface area contributed by atoms with Gasteiger partial charge in [-0.2, -0.15) is 0 Å². The molecular formula is C16H21N3O3S. The van der Waals surface area contributed by atoms with Crippen LogP contribution in [0.3, 0.4) is 0 Å². The van der Waals surface area contributed by atoms with Crippen LogP contribution in [0, 0.1) is 0 Å². The van der Waals surface area contributed by atoms with Crippen LogP contribution >= 0.6 is 11.3 Å². The third kappa shape index (κ3) is 3.39. The van der Waals surface area contributed by atoms with Crippen molar-refractivity contribution < 1.29 is 14.4 Å². The Bertz CT molecular complexity index is 594. The minimum Gasteiger partial charge on any atom is -0.351 e. The molecular weight excluding hydrogens is 314 g/mol. The minimum atomic E-state index is -0.654. The Hall–Kier alpha value is -1.89. The molecule has 1 aromatic rings. The predicted octanol–water partition coefficient (Wildman–Crippen LogP) is 2.01. The SMILES string of the molecule is O=C(CCCN1C(=O)NC2(CCCC2)C1=O)NCc1cccs1. The van der Waals surface area contributed by atoms with Gasteiger partial charge in [0, 0.05) is 17.8 Å². The van der Waals surface area contributed by atoms with Crippen molar-refractivity contribution in [3.8, 4) is 0 Å². The molecule has 2 N–H and O–H groups in total. The summed E-state index contributed by atoms with van der Waals surface area (Å²) in [5.41, 5.74) is -0.654. The van der Waals surface area contributed by atoms with Gasteiger partial charge >= 0.3 is 6.03 Å². The van der Waals surface area contributed by atoms with Crippen LogP contribution in [0.15, 0.2) is 17.5 Å². The Morgan fingerprint density at radius 2 is 2.13 bits per heavy atom. The van der Waals surface area contributed by atoms with E-state index in [-0.39, 0.29) is 17.8 Å². The van der Waals surface area contributed by atoms with Gasteiger partial charge in [0.2, 0.25) is 5.91 Å². The topological polar surface area (TPSA) is 78.5 Å². The van der Waals surface area contributed by atoms with Crippen molar-refractivity contribution in [3.05, 3.63) is 22.4 Å². The molecule has 2 aliphatic rings. The number of hydrogen-bond donors (Lipinski definition) is 2. The Labute approximate surface area is 139 Å². The second-order valence-electron chi connectivity index (χ2n) is 6.14. The van der Waals surface area contributed by atoms with Crippen LogP contribution in [0.5, 0.6) is 0 Å². The summed E-state index contributed by atoms with van der Waals surface area (Å²) < 4.78 is 0. The number of carbonyl (C=O) groups excluding carboxylic acids is 3. The third-order valence-corrected chi connectivity index (χ3v) is 5.40. The average molecular weight is 335 g/mol. The van der Waals surface area contributed by atoms with E-state index in [2.05, 4.69) is 10.6 Å². The molecule has 2 heterocycles. The van der Waals surface area contributed by atoms with Crippen molar-refractivity contribution in [3.63, 3.8) is 0 Å². The van der Waals surface area contributed by atoms with Crippen LogP contribution in [-0.4, -0.2) is 34.8 Å². The second-order valence-corrected chi connectivity index (χ2v) is 7.17. The van der Waals surface area contributed by atoms with Crippen molar-refractivity contribution in [2.24, 2.45) is 0 Å². The molecule has 0 unspecified atom stereocenters. The number of hydrogen-bond acceptors (Lipinski definition) is 4. The summed E-state index contributed by atoms with van der Waals surface area (Å²) in [5.74, 6) is -0.167. The lowest BCUT2D eigenvalue weighted by molar-refractivity contribution is -0.131. The maximum atomic E-state index is 12.4. The molecule has 2 fully saturated rings. The standard InChI is InChI=1S/C16H21N3O3S/c20-13(17-11-12-5-4-10-23-12)6-3-9-19-14(21)16(18-15(19)22)7-1-2-8-16/h4-5,10H,1-3,6-9,11H2,(H,17,20)(H,18,22). The molecule has 1 aliphatic carbocycles. The van der Waals surface area contributed by atoms with E-state index >= 15 is 0 Å². The molecule has 124 valence electrons. The van der Waals surface area contributed by atoms with Crippen molar-refractivity contribution in [1.29, 1.82) is 0 Å². The average Bonchev–Trinajstić information content (AvgIpc) is 3.24. The fourth-order valence-electron chi connectivity index (χ4n) is 3.28. The molecule has 1 saturated heterocycles. The second kappa shape index (κ2) is 6.70. The number of thiophene rings is 1. The molecule has 0 bridgehead atoms. The fraction of sp³-hybridized carbons (Fsp3) is 0.562. The van der Waals surface area contributed by atoms with E-state index in [0.29, 0.717) is 25.9 Å². The maximum absolute atomic E-state index is 12.4. The zero-order valence-electron chi connectivity index (χ0n) is 13.0. The van der Waals surface area contributed by atoms with Gasteiger partial charge in [-0.25, -0.2) is 4.79 Å². The van der Waals surface area contributed by atoms with E-state index in [9.17, 15) is 14.4 Å². The molecule has 0 radical (unpaired) electrons. The Kier molecular flexibility index (Phi) is 4.66. The summed E-state index contributed by atoms with van der Waals surface area (Å²) >= 11 is 1.60. The van der Waals surface area contributed by atoms with E-state index < -0.39 is 5.54 Å². The smallest absolute Gasteiger partial charge is 0.325 e. The largest absolute Gasteiger partial charge is 0.351 e. The van der Waals surface area contributed by atoms with E-state index in [1.807, 2.05) is 17.5 Å². The first-order valence-corrected chi connectivity index (χ1v) is 8.92. The number of nitrogens with zero attached hydrogens (tertiary/aromatic N) is 1. The molecule has 7 heteroatoms. The third-order valence-electron chi connectivity index (χ3n) is 4.53. The van der Waals surface area contributed by atoms with Gasteiger partial charge in [0.15, 0.2) is 0 Å². The summed E-state index contributed by atoms with van der Waals surface area (Å²) in [6.45, 7) is 0.835. The minimum absolute atomic E-state index is 0.0546. The van der Waals surface area contributed by atoms with E-state index in [1.165, 1.54) is 4.90 Å². The Balaban J connectivity index is 1.42. The first-order valence-electron chi connectivity index (χ1n) is 8.04. The van der Waals surface area contributed by atoms with Gasteiger partial charge in [0.25, 0.3) is 5.91 Å². The summed E-state index contributed by atoms with van der Waals surface area (Å²) in [4.78, 5) is 38.6. The van der Waals surface area contributed by atoms with Crippen LogP contribution in [0.25, 0.3) is 0 Å². The van der Waals surface area contributed by atoms with E-state index in [1.54, 1.807) is 11.3 Å². The number of imide groups is 1. The molecule has 3 rings (SSSR count). The number of carbonyl (C=O) groups is 3. The van der Waals surface area contributed by atoms with Crippen molar-refractivity contribution in [2.75, 3.05) is 6.54 Å². The highest BCUT2D eigenvalue weighted by molar-refractivity contribution is 7.09. The maximum Gasteiger partial charge on any atom is 0.325 e. The number of rotatable bonds is 6. The van der Waals surface area contributed by atoms with Crippen LogP contribution in [-0.2, 0) is 16.1 Å². The van der Waals surface area contributed by atoms with E-state index in [4.69, 9.17) is 0 Å². The highest BCUT2D eigenvalue weighted by Crippen LogP contribution is 2.35. The molecule has 23 heavy (non-hydrogen) atoms. The van der Waals surface area contributed by atoms with Gasteiger partial charge in [0.1, 0.15) is 5.54 Å². The molecule has 1 aliphatic heterocycles. The Morgan fingerprint density at radius 3 is 2.83 bits per heavy atom. The lowest BCUT2D eigenvalue weighted by Crippen LogP contribution is -2.44. The fourth-order valence-corrected chi connectivity index (χ4v) is 3.93. The zero-order valence-corrected chi connectivity index (χ0v) is 13.8. The molecule has 0 atom stereocenters. The highest BCUT2D eigenvalue weighted by Gasteiger charge is 2.51. The molecule has 1 aromatic heterocycles. The monoisotopic (exact) mass is 335 g/mol. The quantitative estimate of drug-likeness (QED) is 0.781. The van der Waals surface area contributed by atoms with Gasteiger partial charge in [-0.05, 0) is 30.7 Å². The van der Waals surface area contributed by atoms with Crippen molar-refractivity contribution in [1.82, 2.24) is 15.5 Å². The van der Waals surface area contributed by atoms with Crippen molar-refractivity contribution in [2.45, 2.75) is 50.6 Å². The highest BCUT2D eigenvalue weighted by atomic mass is 32.1. The Morgan fingerprint density at radius 1 is 1.35 bits per heavy atom. The van der Waals surface area contributed by atoms with Crippen LogP contribution in [0.1, 0.15) is 43.4 Å². The normalized spacial score (nSPS) is 19.4. The first-order chi connectivity index (χ1) is 11.1. The number of amides is 4. The van der Waals surface area contributed by atoms with Gasteiger partial charge in [-0.15, -0.1) is 11.3 Å². The summed E-state index contributed by atoms with van der Waals surface area (Å²) in [7, 11) is 0. The van der Waals surface area contributed by atoms with Crippen LogP contribution in [0.4, 0.5) is 4.79 Å². The van der Waals surface area contributed by atoms with Crippen LogP contribution in [0.2, 0.25) is 0 Å². The van der Waals surface area contributed by atoms with Gasteiger partial charge in [0.05, 0.1) is 6.54 Å². The van der Waals surface area contributed by atoms with Gasteiger partial charge in [-0.1, -0.05) is 18.9 Å². The van der Waals surface area contributed by atoms with Crippen molar-refractivity contribution >= 4 is 29.2 Å². The summed E-state index contributed by atoms with van der Waals surface area (Å²) in [6, 6.07) is 3.61. The lowest BCUT2D eigenvalue weighted by Gasteiger charge is -2.19. The molecule has 6 nitrogen and oxygen atoms in total.